The molecule has 4 aromatic heterocycles. The van der Waals surface area contributed by atoms with Crippen molar-refractivity contribution in [1.82, 2.24) is 30.2 Å². The third-order valence-corrected chi connectivity index (χ3v) is 6.52. The van der Waals surface area contributed by atoms with Gasteiger partial charge in [0.1, 0.15) is 17.5 Å². The maximum atomic E-state index is 13.3. The molecule has 3 atom stereocenters. The molecule has 12 heteroatoms. The first kappa shape index (κ1) is 25.4. The minimum atomic E-state index is -4.55. The molecule has 0 saturated carbocycles. The number of rotatable bonds is 5. The summed E-state index contributed by atoms with van der Waals surface area (Å²) in [5, 5.41) is 16.5. The zero-order valence-electron chi connectivity index (χ0n) is 21.0. The van der Waals surface area contributed by atoms with E-state index in [1.165, 1.54) is 12.4 Å². The molecule has 4 aromatic rings. The Bertz CT molecular complexity index is 1480. The van der Waals surface area contributed by atoms with E-state index in [2.05, 4.69) is 54.3 Å². The Morgan fingerprint density at radius 2 is 1.87 bits per heavy atom. The summed E-state index contributed by atoms with van der Waals surface area (Å²) in [6.45, 7) is 7.98. The summed E-state index contributed by atoms with van der Waals surface area (Å²) in [7, 11) is 0. The van der Waals surface area contributed by atoms with E-state index in [-0.39, 0.29) is 34.3 Å². The van der Waals surface area contributed by atoms with Crippen molar-refractivity contribution < 1.29 is 13.2 Å². The van der Waals surface area contributed by atoms with Crippen molar-refractivity contribution >= 4 is 22.8 Å². The number of piperazine rings is 1. The second kappa shape index (κ2) is 9.90. The molecule has 1 aliphatic rings. The van der Waals surface area contributed by atoms with Crippen LogP contribution in [0.1, 0.15) is 43.5 Å². The van der Waals surface area contributed by atoms with Gasteiger partial charge in [-0.2, -0.15) is 18.4 Å². The van der Waals surface area contributed by atoms with Crippen LogP contribution in [0.5, 0.6) is 0 Å². The summed E-state index contributed by atoms with van der Waals surface area (Å²) >= 11 is 0. The molecule has 1 saturated heterocycles. The van der Waals surface area contributed by atoms with E-state index in [0.717, 1.165) is 36.7 Å². The lowest BCUT2D eigenvalue weighted by molar-refractivity contribution is -0.137. The maximum Gasteiger partial charge on any atom is 0.417 e. The molecule has 0 spiro atoms. The highest BCUT2D eigenvalue weighted by Crippen LogP contribution is 2.35. The Morgan fingerprint density at radius 3 is 2.53 bits per heavy atom. The second-order valence-electron chi connectivity index (χ2n) is 9.58. The predicted octanol–water partition coefficient (Wildman–Crippen LogP) is 4.67. The quantitative estimate of drug-likeness (QED) is 0.347. The summed E-state index contributed by atoms with van der Waals surface area (Å²) < 4.78 is 39.9. The van der Waals surface area contributed by atoms with Gasteiger partial charge >= 0.3 is 6.18 Å². The molecule has 5 rings (SSSR count). The first-order valence-electron chi connectivity index (χ1n) is 12.2. The lowest BCUT2D eigenvalue weighted by Crippen LogP contribution is -2.54. The van der Waals surface area contributed by atoms with Crippen molar-refractivity contribution in [2.24, 2.45) is 0 Å². The number of alkyl halides is 3. The SMILES string of the molecule is C[C@@H]1CN(c2ccc([C@@H](C)Nc3ncc(C#N)c(-c4c[nH]c5ncc(C(F)(F)F)cc45)n3)cn2)C[C@H](C)N1. The molecule has 0 unspecified atom stereocenters. The molecule has 3 N–H and O–H groups in total. The first-order chi connectivity index (χ1) is 18.1. The summed E-state index contributed by atoms with van der Waals surface area (Å²) in [4.78, 5) is 22.4. The number of halogens is 3. The summed E-state index contributed by atoms with van der Waals surface area (Å²) in [5.41, 5.74) is 0.959. The molecular weight excluding hydrogens is 495 g/mol. The van der Waals surface area contributed by atoms with Crippen LogP contribution in [0.2, 0.25) is 0 Å². The third kappa shape index (κ3) is 5.10. The van der Waals surface area contributed by atoms with Crippen LogP contribution in [0.4, 0.5) is 24.9 Å². The molecule has 0 bridgehead atoms. The molecule has 196 valence electrons. The van der Waals surface area contributed by atoms with Gasteiger partial charge in [-0.05, 0) is 38.5 Å². The van der Waals surface area contributed by atoms with E-state index in [1.807, 2.05) is 25.1 Å². The average molecular weight is 522 g/mol. The zero-order chi connectivity index (χ0) is 27.0. The van der Waals surface area contributed by atoms with Gasteiger partial charge in [0.15, 0.2) is 0 Å². The number of nitrogens with zero attached hydrogens (tertiary/aromatic N) is 6. The van der Waals surface area contributed by atoms with Crippen LogP contribution in [0.25, 0.3) is 22.3 Å². The number of anilines is 2. The van der Waals surface area contributed by atoms with E-state index < -0.39 is 11.7 Å². The van der Waals surface area contributed by atoms with E-state index in [9.17, 15) is 18.4 Å². The van der Waals surface area contributed by atoms with Crippen molar-refractivity contribution in [3.63, 3.8) is 0 Å². The van der Waals surface area contributed by atoms with Crippen LogP contribution < -0.4 is 15.5 Å². The number of fused-ring (bicyclic) bond motifs is 1. The molecule has 1 fully saturated rings. The number of aromatic nitrogens is 5. The summed E-state index contributed by atoms with van der Waals surface area (Å²) in [6, 6.07) is 7.52. The second-order valence-corrected chi connectivity index (χ2v) is 9.58. The van der Waals surface area contributed by atoms with Crippen LogP contribution in [0.3, 0.4) is 0 Å². The van der Waals surface area contributed by atoms with Gasteiger partial charge in [0.05, 0.1) is 29.1 Å². The van der Waals surface area contributed by atoms with Crippen molar-refractivity contribution in [3.8, 4) is 17.3 Å². The number of aromatic amines is 1. The van der Waals surface area contributed by atoms with Gasteiger partial charge in [-0.15, -0.1) is 0 Å². The maximum absolute atomic E-state index is 13.3. The molecule has 0 radical (unpaired) electrons. The van der Waals surface area contributed by atoms with Crippen LogP contribution in [0, 0.1) is 11.3 Å². The number of hydrogen-bond acceptors (Lipinski definition) is 8. The van der Waals surface area contributed by atoms with Crippen LogP contribution >= 0.6 is 0 Å². The van der Waals surface area contributed by atoms with Crippen molar-refractivity contribution in [2.45, 2.75) is 45.1 Å². The van der Waals surface area contributed by atoms with E-state index in [0.29, 0.717) is 17.6 Å². The highest BCUT2D eigenvalue weighted by atomic mass is 19.4. The van der Waals surface area contributed by atoms with Gasteiger partial charge in [-0.3, -0.25) is 0 Å². The molecule has 0 amide bonds. The molecule has 0 aliphatic carbocycles. The number of H-pyrrole nitrogens is 1. The molecule has 0 aromatic carbocycles. The van der Waals surface area contributed by atoms with Crippen LogP contribution in [-0.2, 0) is 6.18 Å². The van der Waals surface area contributed by atoms with E-state index in [4.69, 9.17) is 0 Å². The predicted molar refractivity (Wildman–Crippen MR) is 137 cm³/mol. The zero-order valence-corrected chi connectivity index (χ0v) is 21.0. The number of pyridine rings is 2. The first-order valence-corrected chi connectivity index (χ1v) is 12.2. The lowest BCUT2D eigenvalue weighted by atomic mass is 10.1. The topological polar surface area (TPSA) is 118 Å². The normalized spacial score (nSPS) is 18.8. The van der Waals surface area contributed by atoms with E-state index in [1.54, 1.807) is 6.20 Å². The highest BCUT2D eigenvalue weighted by Gasteiger charge is 2.32. The smallest absolute Gasteiger partial charge is 0.354 e. The number of nitriles is 1. The van der Waals surface area contributed by atoms with E-state index >= 15 is 0 Å². The molecule has 9 nitrogen and oxygen atoms in total. The Kier molecular flexibility index (Phi) is 6.62. The fourth-order valence-corrected chi connectivity index (χ4v) is 4.72. The van der Waals surface area contributed by atoms with Gasteiger partial charge < -0.3 is 20.5 Å². The fourth-order valence-electron chi connectivity index (χ4n) is 4.72. The average Bonchev–Trinajstić information content (AvgIpc) is 3.31. The molecule has 38 heavy (non-hydrogen) atoms. The Hall–Kier alpha value is -4.24. The summed E-state index contributed by atoms with van der Waals surface area (Å²) in [6.07, 6.45) is 0.872. The monoisotopic (exact) mass is 521 g/mol. The minimum absolute atomic E-state index is 0.131. The van der Waals surface area contributed by atoms with Crippen LogP contribution in [0.15, 0.2) is 43.0 Å². The minimum Gasteiger partial charge on any atom is -0.354 e. The highest BCUT2D eigenvalue weighted by molar-refractivity contribution is 5.94. The number of hydrogen-bond donors (Lipinski definition) is 3. The Balaban J connectivity index is 1.40. The lowest BCUT2D eigenvalue weighted by Gasteiger charge is -2.37. The van der Waals surface area contributed by atoms with Gasteiger partial charge in [0.25, 0.3) is 0 Å². The van der Waals surface area contributed by atoms with Crippen LogP contribution in [-0.4, -0.2) is 50.1 Å². The Morgan fingerprint density at radius 1 is 1.11 bits per heavy atom. The fraction of sp³-hybridized carbons (Fsp3) is 0.346. The molecule has 5 heterocycles. The summed E-state index contributed by atoms with van der Waals surface area (Å²) in [5.74, 6) is 1.14. The van der Waals surface area contributed by atoms with Gasteiger partial charge in [-0.25, -0.2) is 19.9 Å². The van der Waals surface area contributed by atoms with Gasteiger partial charge in [-0.1, -0.05) is 6.07 Å². The standard InChI is InChI=1S/C26H26F3N9/c1-14-12-38(13-15(2)35-14)22-5-4-17(8-31-22)16(3)36-25-34-9-18(7-30)23(37-25)21-11-33-24-20(21)6-19(10-32-24)26(27,28)29/h4-6,8-11,14-16,35H,12-13H2,1-3H3,(H,32,33)(H,34,36,37)/t14-,15+,16-/m1/s1. The molecule has 1 aliphatic heterocycles. The van der Waals surface area contributed by atoms with Crippen molar-refractivity contribution in [1.29, 1.82) is 5.26 Å². The van der Waals surface area contributed by atoms with Crippen molar-refractivity contribution in [2.75, 3.05) is 23.3 Å². The van der Waals surface area contributed by atoms with Crippen molar-refractivity contribution in [3.05, 3.63) is 59.7 Å². The number of nitrogens with one attached hydrogen (secondary N) is 3. The Labute approximate surface area is 217 Å². The molecular formula is C26H26F3N9. The largest absolute Gasteiger partial charge is 0.417 e. The van der Waals surface area contributed by atoms with Gasteiger partial charge in [0.2, 0.25) is 5.95 Å². The van der Waals surface area contributed by atoms with Gasteiger partial charge in [0, 0.05) is 54.7 Å². The third-order valence-electron chi connectivity index (χ3n) is 6.52.